The molecule has 0 bridgehead atoms. The zero-order valence-corrected chi connectivity index (χ0v) is 18.6. The Labute approximate surface area is 191 Å². The zero-order chi connectivity index (χ0) is 22.7. The quantitative estimate of drug-likeness (QED) is 0.601. The molecular weight excluding hydrogens is 453 g/mol. The van der Waals surface area contributed by atoms with Crippen LogP contribution in [0.4, 0.5) is 15.8 Å². The number of sulfonamides is 1. The number of benzene rings is 3. The molecular formula is C23H21ClFN3O3S. The normalized spacial score (nSPS) is 14.3. The highest BCUT2D eigenvalue weighted by molar-refractivity contribution is 7.92. The standard InChI is InChI=1S/C23H21ClFN3O3S/c24-21-6-1-2-7-22(21)27-12-14-28(15-13-27)23(29)17-4-3-5-20(16-17)32(30,31)26-19-10-8-18(25)9-11-19/h1-11,16,26H,12-15H2. The van der Waals surface area contributed by atoms with E-state index in [-0.39, 0.29) is 22.1 Å². The Balaban J connectivity index is 1.45. The number of nitrogens with one attached hydrogen (secondary N) is 1. The van der Waals surface area contributed by atoms with E-state index in [1.54, 1.807) is 11.0 Å². The molecule has 1 heterocycles. The SMILES string of the molecule is O=C(c1cccc(S(=O)(=O)Nc2ccc(F)cc2)c1)N1CCN(c2ccccc2Cl)CC1. The van der Waals surface area contributed by atoms with Gasteiger partial charge in [0.1, 0.15) is 5.82 Å². The molecule has 3 aromatic rings. The lowest BCUT2D eigenvalue weighted by Crippen LogP contribution is -2.48. The number of carbonyl (C=O) groups excluding carboxylic acids is 1. The Morgan fingerprint density at radius 2 is 1.59 bits per heavy atom. The average Bonchev–Trinajstić information content (AvgIpc) is 2.80. The summed E-state index contributed by atoms with van der Waals surface area (Å²) in [5.74, 6) is -0.696. The van der Waals surface area contributed by atoms with Crippen LogP contribution in [0, 0.1) is 5.82 Å². The summed E-state index contributed by atoms with van der Waals surface area (Å²) >= 11 is 6.27. The van der Waals surface area contributed by atoms with Crippen molar-refractivity contribution < 1.29 is 17.6 Å². The molecule has 1 N–H and O–H groups in total. The number of rotatable bonds is 5. The minimum atomic E-state index is -3.93. The van der Waals surface area contributed by atoms with Gasteiger partial charge < -0.3 is 9.80 Å². The molecule has 1 aliphatic heterocycles. The van der Waals surface area contributed by atoms with Gasteiger partial charge in [-0.05, 0) is 54.6 Å². The predicted molar refractivity (Wildman–Crippen MR) is 123 cm³/mol. The third kappa shape index (κ3) is 4.87. The summed E-state index contributed by atoms with van der Waals surface area (Å²) in [7, 11) is -3.93. The van der Waals surface area contributed by atoms with Gasteiger partial charge in [0, 0.05) is 37.4 Å². The molecule has 1 aliphatic rings. The Kier molecular flexibility index (Phi) is 6.34. The molecule has 0 unspecified atom stereocenters. The molecule has 4 rings (SSSR count). The smallest absolute Gasteiger partial charge is 0.261 e. The molecule has 32 heavy (non-hydrogen) atoms. The van der Waals surface area contributed by atoms with Crippen LogP contribution in [0.1, 0.15) is 10.4 Å². The van der Waals surface area contributed by atoms with Crippen LogP contribution in [-0.2, 0) is 10.0 Å². The fraction of sp³-hybridized carbons (Fsp3) is 0.174. The van der Waals surface area contributed by atoms with Gasteiger partial charge in [0.25, 0.3) is 15.9 Å². The van der Waals surface area contributed by atoms with Crippen molar-refractivity contribution in [2.24, 2.45) is 0 Å². The lowest BCUT2D eigenvalue weighted by molar-refractivity contribution is 0.0746. The molecule has 0 aromatic heterocycles. The minimum Gasteiger partial charge on any atom is -0.367 e. The van der Waals surface area contributed by atoms with Gasteiger partial charge in [0.05, 0.1) is 15.6 Å². The Hall–Kier alpha value is -3.10. The van der Waals surface area contributed by atoms with Crippen molar-refractivity contribution >= 4 is 38.9 Å². The van der Waals surface area contributed by atoms with E-state index in [1.165, 1.54) is 42.5 Å². The molecule has 0 saturated carbocycles. The first-order chi connectivity index (χ1) is 15.3. The lowest BCUT2D eigenvalue weighted by atomic mass is 10.1. The number of anilines is 2. The third-order valence-electron chi connectivity index (χ3n) is 5.25. The highest BCUT2D eigenvalue weighted by atomic mass is 35.5. The number of halogens is 2. The summed E-state index contributed by atoms with van der Waals surface area (Å²) in [5.41, 5.74) is 1.46. The largest absolute Gasteiger partial charge is 0.367 e. The summed E-state index contributed by atoms with van der Waals surface area (Å²) < 4.78 is 40.9. The van der Waals surface area contributed by atoms with Crippen LogP contribution in [0.15, 0.2) is 77.7 Å². The van der Waals surface area contributed by atoms with E-state index in [0.717, 1.165) is 5.69 Å². The zero-order valence-electron chi connectivity index (χ0n) is 17.0. The van der Waals surface area contributed by atoms with E-state index in [0.29, 0.717) is 31.2 Å². The number of carbonyl (C=O) groups is 1. The van der Waals surface area contributed by atoms with Gasteiger partial charge in [-0.15, -0.1) is 0 Å². The summed E-state index contributed by atoms with van der Waals surface area (Å²) in [6.45, 7) is 2.24. The third-order valence-corrected chi connectivity index (χ3v) is 6.95. The summed E-state index contributed by atoms with van der Waals surface area (Å²) in [5, 5.41) is 0.666. The van der Waals surface area contributed by atoms with Crippen LogP contribution in [0.25, 0.3) is 0 Å². The van der Waals surface area contributed by atoms with Gasteiger partial charge in [-0.1, -0.05) is 29.8 Å². The van der Waals surface area contributed by atoms with Gasteiger partial charge >= 0.3 is 0 Å². The van der Waals surface area contributed by atoms with Crippen LogP contribution in [0.2, 0.25) is 5.02 Å². The molecule has 0 spiro atoms. The molecule has 3 aromatic carbocycles. The fourth-order valence-electron chi connectivity index (χ4n) is 3.57. The molecule has 6 nitrogen and oxygen atoms in total. The molecule has 0 radical (unpaired) electrons. The summed E-state index contributed by atoms with van der Waals surface area (Å²) in [6.07, 6.45) is 0. The number of hydrogen-bond acceptors (Lipinski definition) is 4. The van der Waals surface area contributed by atoms with E-state index in [4.69, 9.17) is 11.6 Å². The van der Waals surface area contributed by atoms with Gasteiger partial charge in [0.2, 0.25) is 0 Å². The molecule has 166 valence electrons. The molecule has 1 saturated heterocycles. The number of para-hydroxylation sites is 1. The summed E-state index contributed by atoms with van der Waals surface area (Å²) in [6, 6.07) is 18.5. The van der Waals surface area contributed by atoms with Crippen LogP contribution in [-0.4, -0.2) is 45.4 Å². The van der Waals surface area contributed by atoms with E-state index in [9.17, 15) is 17.6 Å². The van der Waals surface area contributed by atoms with Crippen LogP contribution in [0.5, 0.6) is 0 Å². The number of nitrogens with zero attached hydrogens (tertiary/aromatic N) is 2. The first-order valence-corrected chi connectivity index (χ1v) is 11.9. The van der Waals surface area contributed by atoms with E-state index in [1.807, 2.05) is 24.3 Å². The van der Waals surface area contributed by atoms with E-state index in [2.05, 4.69) is 9.62 Å². The van der Waals surface area contributed by atoms with E-state index >= 15 is 0 Å². The van der Waals surface area contributed by atoms with Gasteiger partial charge in [0.15, 0.2) is 0 Å². The van der Waals surface area contributed by atoms with Gasteiger partial charge in [-0.2, -0.15) is 0 Å². The Morgan fingerprint density at radius 3 is 2.28 bits per heavy atom. The second-order valence-electron chi connectivity index (χ2n) is 7.37. The van der Waals surface area contributed by atoms with Crippen molar-refractivity contribution in [1.29, 1.82) is 0 Å². The number of amides is 1. The van der Waals surface area contributed by atoms with Crippen molar-refractivity contribution in [2.75, 3.05) is 35.8 Å². The molecule has 1 fully saturated rings. The predicted octanol–water partition coefficient (Wildman–Crippen LogP) is 4.24. The van der Waals surface area contributed by atoms with Crippen molar-refractivity contribution in [3.05, 3.63) is 89.2 Å². The maximum Gasteiger partial charge on any atom is 0.261 e. The summed E-state index contributed by atoms with van der Waals surface area (Å²) in [4.78, 5) is 16.8. The number of piperazine rings is 1. The highest BCUT2D eigenvalue weighted by Crippen LogP contribution is 2.26. The van der Waals surface area contributed by atoms with Crippen molar-refractivity contribution in [3.8, 4) is 0 Å². The van der Waals surface area contributed by atoms with Crippen LogP contribution in [0.3, 0.4) is 0 Å². The number of hydrogen-bond donors (Lipinski definition) is 1. The van der Waals surface area contributed by atoms with Crippen molar-refractivity contribution in [2.45, 2.75) is 4.90 Å². The fourth-order valence-corrected chi connectivity index (χ4v) is 4.93. The van der Waals surface area contributed by atoms with Gasteiger partial charge in [-0.25, -0.2) is 12.8 Å². The first-order valence-electron chi connectivity index (χ1n) is 10.0. The topological polar surface area (TPSA) is 69.7 Å². The average molecular weight is 474 g/mol. The van der Waals surface area contributed by atoms with Crippen molar-refractivity contribution in [1.82, 2.24) is 4.90 Å². The lowest BCUT2D eigenvalue weighted by Gasteiger charge is -2.36. The van der Waals surface area contributed by atoms with E-state index < -0.39 is 15.8 Å². The monoisotopic (exact) mass is 473 g/mol. The maximum atomic E-state index is 13.1. The Bertz CT molecular complexity index is 1230. The van der Waals surface area contributed by atoms with Crippen LogP contribution >= 0.6 is 11.6 Å². The molecule has 9 heteroatoms. The van der Waals surface area contributed by atoms with Crippen LogP contribution < -0.4 is 9.62 Å². The minimum absolute atomic E-state index is 0.0395. The second-order valence-corrected chi connectivity index (χ2v) is 9.46. The van der Waals surface area contributed by atoms with Gasteiger partial charge in [-0.3, -0.25) is 9.52 Å². The molecule has 0 atom stereocenters. The second kappa shape index (κ2) is 9.18. The molecule has 1 amide bonds. The maximum absolute atomic E-state index is 13.1. The highest BCUT2D eigenvalue weighted by Gasteiger charge is 2.24. The Morgan fingerprint density at radius 1 is 0.906 bits per heavy atom. The van der Waals surface area contributed by atoms with Crippen molar-refractivity contribution in [3.63, 3.8) is 0 Å². The first kappa shape index (κ1) is 22.1. The molecule has 0 aliphatic carbocycles.